The number of aldehydes is 2. The van der Waals surface area contributed by atoms with Gasteiger partial charge in [0.15, 0.2) is 12.6 Å². The molecule has 0 saturated carbocycles. The van der Waals surface area contributed by atoms with Crippen molar-refractivity contribution in [3.8, 4) is 5.75 Å². The molecule has 0 spiro atoms. The molecule has 0 radical (unpaired) electrons. The van der Waals surface area contributed by atoms with Gasteiger partial charge >= 0.3 is 0 Å². The van der Waals surface area contributed by atoms with Crippen LogP contribution in [0.25, 0.3) is 0 Å². The maximum Gasteiger partial charge on any atom is 0.153 e. The van der Waals surface area contributed by atoms with Gasteiger partial charge in [-0.1, -0.05) is 24.3 Å². The number of rotatable bonds is 7. The lowest BCUT2D eigenvalue weighted by molar-refractivity contribution is -0.104. The quantitative estimate of drug-likeness (QED) is 0.565. The molecule has 4 heteroatoms. The Hall–Kier alpha value is -2.36. The molecule has 0 N–H and O–H groups in total. The highest BCUT2D eigenvalue weighted by Crippen LogP contribution is 2.19. The van der Waals surface area contributed by atoms with Crippen molar-refractivity contribution in [2.24, 2.45) is 0 Å². The maximum absolute atomic E-state index is 10.8. The molecule has 0 amide bonds. The number of allylic oxidation sites excluding steroid dienone is 4. The van der Waals surface area contributed by atoms with Gasteiger partial charge < -0.3 is 9.47 Å². The fraction of sp³-hybridized carbons (Fsp3) is 0.250. The lowest BCUT2D eigenvalue weighted by Crippen LogP contribution is -2.10. The number of hydrogen-bond donors (Lipinski definition) is 0. The van der Waals surface area contributed by atoms with Crippen LogP contribution in [0.2, 0.25) is 0 Å². The third kappa shape index (κ3) is 3.57. The van der Waals surface area contributed by atoms with Crippen molar-refractivity contribution in [3.63, 3.8) is 0 Å². The fourth-order valence-corrected chi connectivity index (χ4v) is 1.95. The van der Waals surface area contributed by atoms with Crippen molar-refractivity contribution < 1.29 is 19.1 Å². The van der Waals surface area contributed by atoms with E-state index in [1.54, 1.807) is 24.3 Å². The number of carbonyl (C=O) groups is 2. The Morgan fingerprint density at radius 3 is 2.65 bits per heavy atom. The third-order valence-electron chi connectivity index (χ3n) is 2.95. The van der Waals surface area contributed by atoms with Gasteiger partial charge in [-0.2, -0.15) is 0 Å². The van der Waals surface area contributed by atoms with E-state index in [-0.39, 0.29) is 0 Å². The molecular weight excluding hydrogens is 256 g/mol. The van der Waals surface area contributed by atoms with Gasteiger partial charge in [0.1, 0.15) is 24.7 Å². The molecule has 0 bridgehead atoms. The highest BCUT2D eigenvalue weighted by Gasteiger charge is 2.09. The van der Waals surface area contributed by atoms with Crippen LogP contribution in [0, 0.1) is 0 Å². The van der Waals surface area contributed by atoms with E-state index >= 15 is 0 Å². The van der Waals surface area contributed by atoms with E-state index in [1.165, 1.54) is 0 Å². The Balaban J connectivity index is 1.85. The van der Waals surface area contributed by atoms with Gasteiger partial charge in [0.05, 0.1) is 11.1 Å². The van der Waals surface area contributed by atoms with Crippen molar-refractivity contribution in [1.82, 2.24) is 0 Å². The summed E-state index contributed by atoms with van der Waals surface area (Å²) in [6, 6.07) is 7.02. The second-order valence-electron chi connectivity index (χ2n) is 4.29. The standard InChI is InChI=1S/C16H16O4/c17-11-13-5-1-3-7-15(13)19-9-10-20-16-8-4-2-6-14(16)12-18/h1-3,5-7,11-12H,4,8-10H2. The Bertz CT molecular complexity index is 543. The molecule has 1 aromatic rings. The van der Waals surface area contributed by atoms with Gasteiger partial charge in [0.2, 0.25) is 0 Å². The molecule has 0 heterocycles. The zero-order chi connectivity index (χ0) is 14.2. The van der Waals surface area contributed by atoms with Crippen LogP contribution in [-0.4, -0.2) is 25.8 Å². The summed E-state index contributed by atoms with van der Waals surface area (Å²) in [7, 11) is 0. The molecule has 20 heavy (non-hydrogen) atoms. The van der Waals surface area contributed by atoms with Crippen LogP contribution >= 0.6 is 0 Å². The van der Waals surface area contributed by atoms with Crippen molar-refractivity contribution >= 4 is 12.6 Å². The van der Waals surface area contributed by atoms with E-state index in [0.717, 1.165) is 25.4 Å². The van der Waals surface area contributed by atoms with E-state index in [9.17, 15) is 9.59 Å². The van der Waals surface area contributed by atoms with Gasteiger partial charge in [0, 0.05) is 6.42 Å². The van der Waals surface area contributed by atoms with E-state index in [0.29, 0.717) is 35.9 Å². The molecule has 1 aromatic carbocycles. The van der Waals surface area contributed by atoms with Gasteiger partial charge in [0.25, 0.3) is 0 Å². The largest absolute Gasteiger partial charge is 0.494 e. The molecule has 0 unspecified atom stereocenters. The maximum atomic E-state index is 10.8. The normalized spacial score (nSPS) is 14.0. The molecule has 0 aliphatic heterocycles. The van der Waals surface area contributed by atoms with Gasteiger partial charge in [-0.05, 0) is 18.6 Å². The molecule has 0 fully saturated rings. The summed E-state index contributed by atoms with van der Waals surface area (Å²) in [4.78, 5) is 21.7. The Morgan fingerprint density at radius 1 is 1.05 bits per heavy atom. The van der Waals surface area contributed by atoms with Gasteiger partial charge in [-0.25, -0.2) is 0 Å². The number of ether oxygens (including phenoxy) is 2. The molecule has 0 saturated heterocycles. The number of benzene rings is 1. The minimum atomic E-state index is 0.324. The predicted octanol–water partition coefficient (Wildman–Crippen LogP) is 2.70. The monoisotopic (exact) mass is 272 g/mol. The first-order valence-corrected chi connectivity index (χ1v) is 6.50. The van der Waals surface area contributed by atoms with Crippen LogP contribution in [0.3, 0.4) is 0 Å². The van der Waals surface area contributed by atoms with Crippen LogP contribution in [-0.2, 0) is 9.53 Å². The zero-order valence-electron chi connectivity index (χ0n) is 11.1. The molecule has 4 nitrogen and oxygen atoms in total. The molecule has 1 aliphatic carbocycles. The Morgan fingerprint density at radius 2 is 1.85 bits per heavy atom. The summed E-state index contributed by atoms with van der Waals surface area (Å²) in [5.41, 5.74) is 1.10. The minimum absolute atomic E-state index is 0.324. The summed E-state index contributed by atoms with van der Waals surface area (Å²) in [5, 5.41) is 0. The van der Waals surface area contributed by atoms with E-state index in [4.69, 9.17) is 9.47 Å². The first-order chi connectivity index (χ1) is 9.85. The van der Waals surface area contributed by atoms with Crippen LogP contribution < -0.4 is 4.74 Å². The number of hydrogen-bond acceptors (Lipinski definition) is 4. The Kier molecular flexibility index (Phi) is 5.12. The molecule has 1 aliphatic rings. The lowest BCUT2D eigenvalue weighted by atomic mass is 10.1. The third-order valence-corrected chi connectivity index (χ3v) is 2.95. The SMILES string of the molecule is O=CC1=C(OCCOc2ccccc2C=O)CCC=C1. The molecule has 2 rings (SSSR count). The van der Waals surface area contributed by atoms with Gasteiger partial charge in [-0.15, -0.1) is 0 Å². The summed E-state index contributed by atoms with van der Waals surface area (Å²) in [6.07, 6.45) is 6.89. The number of para-hydroxylation sites is 1. The van der Waals surface area contributed by atoms with Crippen molar-refractivity contribution in [2.45, 2.75) is 12.8 Å². The highest BCUT2D eigenvalue weighted by atomic mass is 16.5. The Labute approximate surface area is 117 Å². The zero-order valence-corrected chi connectivity index (χ0v) is 11.1. The van der Waals surface area contributed by atoms with E-state index in [2.05, 4.69) is 0 Å². The average molecular weight is 272 g/mol. The highest BCUT2D eigenvalue weighted by molar-refractivity contribution is 5.79. The summed E-state index contributed by atoms with van der Waals surface area (Å²) in [5.74, 6) is 1.24. The topological polar surface area (TPSA) is 52.6 Å². The molecule has 0 aromatic heterocycles. The smallest absolute Gasteiger partial charge is 0.153 e. The van der Waals surface area contributed by atoms with Crippen molar-refractivity contribution in [3.05, 3.63) is 53.3 Å². The summed E-state index contributed by atoms with van der Waals surface area (Å²) in [6.45, 7) is 0.665. The molecular formula is C16H16O4. The van der Waals surface area contributed by atoms with E-state index < -0.39 is 0 Å². The first-order valence-electron chi connectivity index (χ1n) is 6.50. The van der Waals surface area contributed by atoms with Crippen molar-refractivity contribution in [2.75, 3.05) is 13.2 Å². The van der Waals surface area contributed by atoms with Crippen LogP contribution in [0.1, 0.15) is 23.2 Å². The fourth-order valence-electron chi connectivity index (χ4n) is 1.95. The van der Waals surface area contributed by atoms with Crippen LogP contribution in [0.4, 0.5) is 0 Å². The average Bonchev–Trinajstić information content (AvgIpc) is 2.52. The summed E-state index contributed by atoms with van der Waals surface area (Å²) >= 11 is 0. The van der Waals surface area contributed by atoms with E-state index in [1.807, 2.05) is 12.1 Å². The van der Waals surface area contributed by atoms with Gasteiger partial charge in [-0.3, -0.25) is 9.59 Å². The van der Waals surface area contributed by atoms with Crippen molar-refractivity contribution in [1.29, 1.82) is 0 Å². The van der Waals surface area contributed by atoms with Crippen LogP contribution in [0.5, 0.6) is 5.75 Å². The predicted molar refractivity (Wildman–Crippen MR) is 74.7 cm³/mol. The lowest BCUT2D eigenvalue weighted by Gasteiger charge is -2.15. The second kappa shape index (κ2) is 7.28. The molecule has 0 atom stereocenters. The van der Waals surface area contributed by atoms with Crippen LogP contribution in [0.15, 0.2) is 47.7 Å². The number of carbonyl (C=O) groups excluding carboxylic acids is 2. The second-order valence-corrected chi connectivity index (χ2v) is 4.29. The molecule has 104 valence electrons. The summed E-state index contributed by atoms with van der Waals surface area (Å²) < 4.78 is 11.1. The first kappa shape index (κ1) is 14.1. The minimum Gasteiger partial charge on any atom is -0.494 e.